The van der Waals surface area contributed by atoms with Gasteiger partial charge < -0.3 is 24.4 Å². The highest BCUT2D eigenvalue weighted by atomic mass is 16.5. The molecular weight excluding hydrogens is 320 g/mol. The Labute approximate surface area is 149 Å². The zero-order valence-corrected chi connectivity index (χ0v) is 14.9. The number of carbonyl (C=O) groups excluding carboxylic acids is 1. The maximum absolute atomic E-state index is 12.3. The highest BCUT2D eigenvalue weighted by Crippen LogP contribution is 2.29. The van der Waals surface area contributed by atoms with Crippen LogP contribution in [0.2, 0.25) is 0 Å². The van der Waals surface area contributed by atoms with Crippen LogP contribution in [0.25, 0.3) is 0 Å². The number of amides is 2. The van der Waals surface area contributed by atoms with E-state index in [1.807, 2.05) is 36.1 Å². The van der Waals surface area contributed by atoms with Crippen LogP contribution in [0, 0.1) is 0 Å². The number of likely N-dealkylation sites (tertiary alicyclic amines) is 1. The van der Waals surface area contributed by atoms with Gasteiger partial charge in [0.1, 0.15) is 6.10 Å². The molecule has 1 atom stereocenters. The molecule has 2 aliphatic heterocycles. The number of urea groups is 1. The maximum Gasteiger partial charge on any atom is 0.317 e. The molecule has 2 amide bonds. The van der Waals surface area contributed by atoms with Crippen LogP contribution < -0.4 is 14.8 Å². The van der Waals surface area contributed by atoms with Gasteiger partial charge in [-0.2, -0.15) is 0 Å². The maximum atomic E-state index is 12.3. The Balaban J connectivity index is 1.43. The average Bonchev–Trinajstić information content (AvgIpc) is 3.16. The van der Waals surface area contributed by atoms with E-state index >= 15 is 0 Å². The van der Waals surface area contributed by atoms with E-state index in [0.717, 1.165) is 43.8 Å². The summed E-state index contributed by atoms with van der Waals surface area (Å²) in [5.74, 6) is 1.56. The Bertz CT molecular complexity index is 552. The first kappa shape index (κ1) is 17.9. The van der Waals surface area contributed by atoms with Gasteiger partial charge in [-0.05, 0) is 31.9 Å². The summed E-state index contributed by atoms with van der Waals surface area (Å²) in [5.41, 5.74) is 0. The van der Waals surface area contributed by atoms with Crippen LogP contribution in [-0.2, 0) is 4.74 Å². The van der Waals surface area contributed by atoms with Crippen molar-refractivity contribution >= 4 is 6.03 Å². The second kappa shape index (κ2) is 8.94. The number of hydrogen-bond acceptors (Lipinski definition) is 4. The normalized spacial score (nSPS) is 21.2. The summed E-state index contributed by atoms with van der Waals surface area (Å²) in [4.78, 5) is 14.1. The molecule has 2 aliphatic rings. The van der Waals surface area contributed by atoms with Crippen molar-refractivity contribution in [2.24, 2.45) is 0 Å². The van der Waals surface area contributed by atoms with E-state index in [0.29, 0.717) is 26.2 Å². The summed E-state index contributed by atoms with van der Waals surface area (Å²) < 4.78 is 17.3. The minimum atomic E-state index is 0.00339. The van der Waals surface area contributed by atoms with Gasteiger partial charge in [-0.1, -0.05) is 12.1 Å². The van der Waals surface area contributed by atoms with Crippen LogP contribution in [0.1, 0.15) is 32.6 Å². The standard InChI is InChI=1S/C19H28N2O4/c1-2-23-17-7-3-4-8-18(17)25-15-9-11-21(12-10-15)19(22)20-14-16-6-5-13-24-16/h3-4,7-8,15-16H,2,5-6,9-14H2,1H3,(H,20,22)/t16-/m0/s1. The highest BCUT2D eigenvalue weighted by Gasteiger charge is 2.25. The Morgan fingerprint density at radius 3 is 2.68 bits per heavy atom. The van der Waals surface area contributed by atoms with Gasteiger partial charge in [0.2, 0.25) is 0 Å². The van der Waals surface area contributed by atoms with Crippen LogP contribution >= 0.6 is 0 Å². The highest BCUT2D eigenvalue weighted by molar-refractivity contribution is 5.74. The summed E-state index contributed by atoms with van der Waals surface area (Å²) in [6.07, 6.45) is 4.08. The number of piperidine rings is 1. The molecule has 0 bridgehead atoms. The molecule has 0 unspecified atom stereocenters. The van der Waals surface area contributed by atoms with Crippen LogP contribution in [-0.4, -0.2) is 56.0 Å². The molecule has 3 rings (SSSR count). The molecule has 0 aliphatic carbocycles. The summed E-state index contributed by atoms with van der Waals surface area (Å²) in [6, 6.07) is 7.76. The lowest BCUT2D eigenvalue weighted by molar-refractivity contribution is 0.0964. The predicted molar refractivity (Wildman–Crippen MR) is 95.2 cm³/mol. The van der Waals surface area contributed by atoms with Gasteiger partial charge in [-0.3, -0.25) is 0 Å². The number of nitrogens with one attached hydrogen (secondary N) is 1. The molecule has 0 saturated carbocycles. The fraction of sp³-hybridized carbons (Fsp3) is 0.632. The average molecular weight is 348 g/mol. The van der Waals surface area contributed by atoms with Crippen molar-refractivity contribution in [3.63, 3.8) is 0 Å². The third kappa shape index (κ3) is 5.01. The van der Waals surface area contributed by atoms with Crippen LogP contribution in [0.5, 0.6) is 11.5 Å². The molecule has 0 radical (unpaired) electrons. The summed E-state index contributed by atoms with van der Waals surface area (Å²) in [6.45, 7) is 5.41. The van der Waals surface area contributed by atoms with Gasteiger partial charge >= 0.3 is 6.03 Å². The summed E-state index contributed by atoms with van der Waals surface area (Å²) in [5, 5.41) is 2.99. The first-order valence-electron chi connectivity index (χ1n) is 9.29. The molecule has 0 spiro atoms. The van der Waals surface area contributed by atoms with E-state index < -0.39 is 0 Å². The quantitative estimate of drug-likeness (QED) is 0.859. The third-order valence-corrected chi connectivity index (χ3v) is 4.68. The minimum absolute atomic E-state index is 0.00339. The van der Waals surface area contributed by atoms with Crippen molar-refractivity contribution in [1.82, 2.24) is 10.2 Å². The Kier molecular flexibility index (Phi) is 6.39. The lowest BCUT2D eigenvalue weighted by Crippen LogP contribution is -2.48. The molecule has 2 fully saturated rings. The molecule has 2 saturated heterocycles. The molecule has 2 heterocycles. The second-order valence-corrected chi connectivity index (χ2v) is 6.51. The number of hydrogen-bond donors (Lipinski definition) is 1. The van der Waals surface area contributed by atoms with E-state index in [2.05, 4.69) is 5.32 Å². The minimum Gasteiger partial charge on any atom is -0.490 e. The van der Waals surface area contributed by atoms with Gasteiger partial charge in [0.25, 0.3) is 0 Å². The number of rotatable bonds is 6. The third-order valence-electron chi connectivity index (χ3n) is 4.68. The number of ether oxygens (including phenoxy) is 3. The van der Waals surface area contributed by atoms with E-state index in [-0.39, 0.29) is 18.2 Å². The van der Waals surface area contributed by atoms with E-state index in [1.54, 1.807) is 0 Å². The SMILES string of the molecule is CCOc1ccccc1OC1CCN(C(=O)NC[C@@H]2CCCO2)CC1. The van der Waals surface area contributed by atoms with Gasteiger partial charge in [-0.15, -0.1) is 0 Å². The Morgan fingerprint density at radius 1 is 1.24 bits per heavy atom. The van der Waals surface area contributed by atoms with Crippen molar-refractivity contribution in [2.75, 3.05) is 32.8 Å². The van der Waals surface area contributed by atoms with Crippen LogP contribution in [0.4, 0.5) is 4.79 Å². The molecule has 6 heteroatoms. The first-order chi connectivity index (χ1) is 12.3. The molecule has 6 nitrogen and oxygen atoms in total. The number of para-hydroxylation sites is 2. The number of benzene rings is 1. The molecular formula is C19H28N2O4. The summed E-state index contributed by atoms with van der Waals surface area (Å²) in [7, 11) is 0. The molecule has 25 heavy (non-hydrogen) atoms. The topological polar surface area (TPSA) is 60.0 Å². The van der Waals surface area contributed by atoms with Gasteiger partial charge in [-0.25, -0.2) is 4.79 Å². The van der Waals surface area contributed by atoms with Crippen LogP contribution in [0.3, 0.4) is 0 Å². The fourth-order valence-electron chi connectivity index (χ4n) is 3.30. The number of nitrogens with zero attached hydrogens (tertiary/aromatic N) is 1. The zero-order valence-electron chi connectivity index (χ0n) is 14.9. The fourth-order valence-corrected chi connectivity index (χ4v) is 3.30. The van der Waals surface area contributed by atoms with E-state index in [9.17, 15) is 4.79 Å². The number of carbonyl (C=O) groups is 1. The van der Waals surface area contributed by atoms with E-state index in [1.165, 1.54) is 0 Å². The van der Waals surface area contributed by atoms with Gasteiger partial charge in [0, 0.05) is 39.1 Å². The Hall–Kier alpha value is -1.95. The second-order valence-electron chi connectivity index (χ2n) is 6.51. The van der Waals surface area contributed by atoms with Crippen LogP contribution in [0.15, 0.2) is 24.3 Å². The largest absolute Gasteiger partial charge is 0.490 e. The molecule has 0 aromatic heterocycles. The van der Waals surface area contributed by atoms with Crippen molar-refractivity contribution < 1.29 is 19.0 Å². The molecule has 138 valence electrons. The van der Waals surface area contributed by atoms with Crippen molar-refractivity contribution in [3.8, 4) is 11.5 Å². The molecule has 1 aromatic carbocycles. The lowest BCUT2D eigenvalue weighted by atomic mass is 10.1. The smallest absolute Gasteiger partial charge is 0.317 e. The lowest BCUT2D eigenvalue weighted by Gasteiger charge is -2.32. The monoisotopic (exact) mass is 348 g/mol. The van der Waals surface area contributed by atoms with E-state index in [4.69, 9.17) is 14.2 Å². The molecule has 1 aromatic rings. The van der Waals surface area contributed by atoms with Crippen molar-refractivity contribution in [2.45, 2.75) is 44.8 Å². The zero-order chi connectivity index (χ0) is 17.5. The predicted octanol–water partition coefficient (Wildman–Crippen LogP) is 2.82. The van der Waals surface area contributed by atoms with Crippen molar-refractivity contribution in [1.29, 1.82) is 0 Å². The first-order valence-corrected chi connectivity index (χ1v) is 9.29. The van der Waals surface area contributed by atoms with Gasteiger partial charge in [0.05, 0.1) is 12.7 Å². The molecule has 1 N–H and O–H groups in total. The van der Waals surface area contributed by atoms with Crippen molar-refractivity contribution in [3.05, 3.63) is 24.3 Å². The summed E-state index contributed by atoms with van der Waals surface area (Å²) >= 11 is 0. The Morgan fingerprint density at radius 2 is 2.00 bits per heavy atom. The van der Waals surface area contributed by atoms with Gasteiger partial charge in [0.15, 0.2) is 11.5 Å².